The van der Waals surface area contributed by atoms with Crippen LogP contribution in [0.25, 0.3) is 16.7 Å². The van der Waals surface area contributed by atoms with Crippen LogP contribution in [-0.4, -0.2) is 31.8 Å². The van der Waals surface area contributed by atoms with Crippen LogP contribution < -0.4 is 10.5 Å². The van der Waals surface area contributed by atoms with Gasteiger partial charge < -0.3 is 4.90 Å². The van der Waals surface area contributed by atoms with Crippen molar-refractivity contribution in [3.8, 4) is 5.69 Å². The maximum absolute atomic E-state index is 13.0. The minimum atomic E-state index is -4.51. The lowest BCUT2D eigenvalue weighted by molar-refractivity contribution is -0.137. The van der Waals surface area contributed by atoms with Crippen LogP contribution in [0.1, 0.15) is 12.5 Å². The molecule has 0 saturated heterocycles. The van der Waals surface area contributed by atoms with Gasteiger partial charge in [0.15, 0.2) is 5.65 Å². The van der Waals surface area contributed by atoms with Crippen LogP contribution >= 0.6 is 0 Å². The highest BCUT2D eigenvalue weighted by Gasteiger charge is 2.30. The maximum atomic E-state index is 13.0. The summed E-state index contributed by atoms with van der Waals surface area (Å²) in [6.45, 7) is 2.01. The molecule has 7 nitrogen and oxygen atoms in total. The van der Waals surface area contributed by atoms with Gasteiger partial charge in [-0.05, 0) is 37.3 Å². The molecule has 2 aromatic carbocycles. The van der Waals surface area contributed by atoms with Crippen LogP contribution in [0.4, 0.5) is 18.9 Å². The van der Waals surface area contributed by atoms with E-state index in [1.165, 1.54) is 29.3 Å². The Labute approximate surface area is 180 Å². The number of hydrogen-bond donors (Lipinski definition) is 0. The second-order valence-corrected chi connectivity index (χ2v) is 6.99. The van der Waals surface area contributed by atoms with Crippen LogP contribution in [0.5, 0.6) is 0 Å². The van der Waals surface area contributed by atoms with E-state index in [0.717, 1.165) is 16.7 Å². The third kappa shape index (κ3) is 3.98. The summed E-state index contributed by atoms with van der Waals surface area (Å²) in [5.41, 5.74) is -0.409. The van der Waals surface area contributed by atoms with E-state index in [-0.39, 0.29) is 29.2 Å². The number of carbonyl (C=O) groups excluding carboxylic acids is 1. The molecule has 0 radical (unpaired) electrons. The molecular formula is C22H18F3N5O2. The van der Waals surface area contributed by atoms with Crippen LogP contribution in [0.2, 0.25) is 0 Å². The molecule has 32 heavy (non-hydrogen) atoms. The summed E-state index contributed by atoms with van der Waals surface area (Å²) in [6.07, 6.45) is -2.07. The second-order valence-electron chi connectivity index (χ2n) is 6.99. The SMILES string of the molecule is CCN(C(=O)Cn1cnc2c(cnn2-c2cccc(C(F)(F)F)c2)c1=O)c1ccccc1. The van der Waals surface area contributed by atoms with Crippen molar-refractivity contribution in [3.05, 3.63) is 83.0 Å². The molecule has 4 aromatic rings. The van der Waals surface area contributed by atoms with Gasteiger partial charge in [-0.3, -0.25) is 14.2 Å². The molecule has 4 rings (SSSR count). The number of halogens is 3. The van der Waals surface area contributed by atoms with Crippen molar-refractivity contribution in [1.82, 2.24) is 19.3 Å². The van der Waals surface area contributed by atoms with Crippen LogP contribution in [0.3, 0.4) is 0 Å². The van der Waals surface area contributed by atoms with Gasteiger partial charge in [0.1, 0.15) is 18.3 Å². The average molecular weight is 441 g/mol. The molecule has 0 fully saturated rings. The number of anilines is 1. The third-order valence-corrected chi connectivity index (χ3v) is 4.96. The van der Waals surface area contributed by atoms with Gasteiger partial charge in [0.25, 0.3) is 5.56 Å². The third-order valence-electron chi connectivity index (χ3n) is 4.96. The minimum absolute atomic E-state index is 0.0977. The summed E-state index contributed by atoms with van der Waals surface area (Å²) in [7, 11) is 0. The number of para-hydroxylation sites is 1. The molecule has 0 atom stereocenters. The van der Waals surface area contributed by atoms with E-state index < -0.39 is 17.3 Å². The molecule has 0 unspecified atom stereocenters. The zero-order valence-corrected chi connectivity index (χ0v) is 17.0. The monoisotopic (exact) mass is 441 g/mol. The topological polar surface area (TPSA) is 73.0 Å². The first-order valence-corrected chi connectivity index (χ1v) is 9.76. The van der Waals surface area contributed by atoms with Crippen molar-refractivity contribution in [2.45, 2.75) is 19.6 Å². The molecule has 0 N–H and O–H groups in total. The molecule has 0 spiro atoms. The lowest BCUT2D eigenvalue weighted by atomic mass is 10.2. The van der Waals surface area contributed by atoms with Crippen molar-refractivity contribution in [2.75, 3.05) is 11.4 Å². The number of rotatable bonds is 5. The van der Waals surface area contributed by atoms with Crippen molar-refractivity contribution in [2.24, 2.45) is 0 Å². The smallest absolute Gasteiger partial charge is 0.311 e. The number of alkyl halides is 3. The molecule has 164 valence electrons. The van der Waals surface area contributed by atoms with E-state index in [2.05, 4.69) is 10.1 Å². The molecule has 10 heteroatoms. The quantitative estimate of drug-likeness (QED) is 0.474. The first-order chi connectivity index (χ1) is 15.3. The van der Waals surface area contributed by atoms with Gasteiger partial charge in [0, 0.05) is 12.2 Å². The van der Waals surface area contributed by atoms with E-state index in [1.54, 1.807) is 17.0 Å². The molecule has 0 bridgehead atoms. The number of fused-ring (bicyclic) bond motifs is 1. The predicted molar refractivity (Wildman–Crippen MR) is 113 cm³/mol. The standard InChI is InChI=1S/C22H18F3N5O2/c1-2-29(16-8-4-3-5-9-16)19(31)13-28-14-26-20-18(21(28)32)12-27-30(20)17-10-6-7-15(11-17)22(23,24)25/h3-12,14H,2,13H2,1H3. The molecule has 0 saturated carbocycles. The highest BCUT2D eigenvalue weighted by molar-refractivity contribution is 5.93. The summed E-state index contributed by atoms with van der Waals surface area (Å²) in [6, 6.07) is 13.6. The first-order valence-electron chi connectivity index (χ1n) is 9.76. The highest BCUT2D eigenvalue weighted by Crippen LogP contribution is 2.30. The average Bonchev–Trinajstić information content (AvgIpc) is 3.21. The Hall–Kier alpha value is -3.95. The lowest BCUT2D eigenvalue weighted by Gasteiger charge is -2.21. The van der Waals surface area contributed by atoms with E-state index in [0.29, 0.717) is 12.2 Å². The number of aromatic nitrogens is 4. The van der Waals surface area contributed by atoms with Crippen LogP contribution in [0.15, 0.2) is 71.9 Å². The number of nitrogens with zero attached hydrogens (tertiary/aromatic N) is 5. The number of carbonyl (C=O) groups is 1. The van der Waals surface area contributed by atoms with E-state index in [4.69, 9.17) is 0 Å². The van der Waals surface area contributed by atoms with Crippen LogP contribution in [-0.2, 0) is 17.5 Å². The van der Waals surface area contributed by atoms with Gasteiger partial charge in [-0.15, -0.1) is 0 Å². The molecule has 0 aliphatic carbocycles. The fourth-order valence-electron chi connectivity index (χ4n) is 3.41. The Morgan fingerprint density at radius 1 is 1.09 bits per heavy atom. The van der Waals surface area contributed by atoms with Gasteiger partial charge in [0.2, 0.25) is 5.91 Å². The number of hydrogen-bond acceptors (Lipinski definition) is 4. The molecule has 1 amide bonds. The Kier molecular flexibility index (Phi) is 5.52. The minimum Gasteiger partial charge on any atom is -0.311 e. The fourth-order valence-corrected chi connectivity index (χ4v) is 3.41. The van der Waals surface area contributed by atoms with Crippen molar-refractivity contribution in [1.29, 1.82) is 0 Å². The fraction of sp³-hybridized carbons (Fsp3) is 0.182. The van der Waals surface area contributed by atoms with E-state index in [9.17, 15) is 22.8 Å². The van der Waals surface area contributed by atoms with Gasteiger partial charge in [0.05, 0.1) is 17.4 Å². The summed E-state index contributed by atoms with van der Waals surface area (Å²) in [5, 5.41) is 4.14. The van der Waals surface area contributed by atoms with Crippen molar-refractivity contribution < 1.29 is 18.0 Å². The Morgan fingerprint density at radius 3 is 2.53 bits per heavy atom. The van der Waals surface area contributed by atoms with Crippen molar-refractivity contribution in [3.63, 3.8) is 0 Å². The molecular weight excluding hydrogens is 423 g/mol. The van der Waals surface area contributed by atoms with Gasteiger partial charge >= 0.3 is 6.18 Å². The number of amides is 1. The Balaban J connectivity index is 1.67. The van der Waals surface area contributed by atoms with Crippen molar-refractivity contribution >= 4 is 22.6 Å². The largest absolute Gasteiger partial charge is 0.416 e. The molecule has 2 heterocycles. The molecule has 2 aromatic heterocycles. The Bertz CT molecular complexity index is 1330. The summed E-state index contributed by atoms with van der Waals surface area (Å²) >= 11 is 0. The zero-order chi connectivity index (χ0) is 22.9. The van der Waals surface area contributed by atoms with Gasteiger partial charge in [-0.1, -0.05) is 24.3 Å². The lowest BCUT2D eigenvalue weighted by Crippen LogP contribution is -2.36. The molecule has 0 aliphatic heterocycles. The van der Waals surface area contributed by atoms with E-state index >= 15 is 0 Å². The highest BCUT2D eigenvalue weighted by atomic mass is 19.4. The summed E-state index contributed by atoms with van der Waals surface area (Å²) in [4.78, 5) is 31.4. The number of likely N-dealkylation sites (N-methyl/N-ethyl adjacent to an activating group) is 1. The first kappa shape index (κ1) is 21.3. The normalized spacial score (nSPS) is 11.6. The molecule has 0 aliphatic rings. The maximum Gasteiger partial charge on any atom is 0.416 e. The van der Waals surface area contributed by atoms with E-state index in [1.807, 2.05) is 25.1 Å². The predicted octanol–water partition coefficient (Wildman–Crippen LogP) is 3.65. The van der Waals surface area contributed by atoms with Gasteiger partial charge in [-0.25, -0.2) is 9.67 Å². The summed E-state index contributed by atoms with van der Waals surface area (Å²) in [5.74, 6) is -0.299. The van der Waals surface area contributed by atoms with Gasteiger partial charge in [-0.2, -0.15) is 18.3 Å². The Morgan fingerprint density at radius 2 is 1.84 bits per heavy atom. The number of benzene rings is 2. The van der Waals surface area contributed by atoms with Crippen LogP contribution in [0, 0.1) is 0 Å². The second kappa shape index (κ2) is 8.29. The zero-order valence-electron chi connectivity index (χ0n) is 17.0. The summed E-state index contributed by atoms with van der Waals surface area (Å²) < 4.78 is 41.5.